The van der Waals surface area contributed by atoms with Crippen LogP contribution in [0.5, 0.6) is 0 Å². The predicted octanol–water partition coefficient (Wildman–Crippen LogP) is 3.11. The Morgan fingerprint density at radius 2 is 2.22 bits per heavy atom. The highest BCUT2D eigenvalue weighted by Crippen LogP contribution is 2.31. The van der Waals surface area contributed by atoms with Gasteiger partial charge in [-0.15, -0.1) is 0 Å². The molecule has 1 aromatic carbocycles. The highest BCUT2D eigenvalue weighted by atomic mass is 79.9. The summed E-state index contributed by atoms with van der Waals surface area (Å²) in [6.07, 6.45) is 3.08. The van der Waals surface area contributed by atoms with Gasteiger partial charge >= 0.3 is 5.97 Å². The topological polar surface area (TPSA) is 50.2 Å². The third-order valence-corrected chi connectivity index (χ3v) is 3.91. The second kappa shape index (κ2) is 4.35. The molecule has 18 heavy (non-hydrogen) atoms. The minimum absolute atomic E-state index is 0.0812. The molecule has 3 nitrogen and oxygen atoms in total. The molecule has 92 valence electrons. The number of benzene rings is 1. The molecule has 0 amide bonds. The molecule has 0 atom stereocenters. The van der Waals surface area contributed by atoms with E-state index in [-0.39, 0.29) is 6.42 Å². The van der Waals surface area contributed by atoms with Crippen LogP contribution in [0.25, 0.3) is 10.9 Å². The average Bonchev–Trinajstić information content (AvgIpc) is 2.77. The van der Waals surface area contributed by atoms with Gasteiger partial charge in [0, 0.05) is 15.6 Å². The molecule has 1 N–H and O–H groups in total. The number of aromatic nitrogens is 1. The van der Waals surface area contributed by atoms with Gasteiger partial charge in [0.05, 0.1) is 11.9 Å². The first-order valence-corrected chi connectivity index (χ1v) is 6.76. The Balaban J connectivity index is 2.32. The number of carbonyl (C=O) groups is 1. The fourth-order valence-corrected chi connectivity index (χ4v) is 3.05. The number of hydrogen-bond acceptors (Lipinski definition) is 2. The SMILES string of the molecule is O=C(O)Cc1c2c(nc3ccc(Br)cc13)CCC2. The third-order valence-electron chi connectivity index (χ3n) is 3.42. The van der Waals surface area contributed by atoms with Crippen LogP contribution in [0.3, 0.4) is 0 Å². The lowest BCUT2D eigenvalue weighted by molar-refractivity contribution is -0.136. The van der Waals surface area contributed by atoms with Crippen molar-refractivity contribution in [3.05, 3.63) is 39.5 Å². The van der Waals surface area contributed by atoms with E-state index in [4.69, 9.17) is 5.11 Å². The summed E-state index contributed by atoms with van der Waals surface area (Å²) in [5.74, 6) is -0.781. The van der Waals surface area contributed by atoms with Crippen LogP contribution in [0.2, 0.25) is 0 Å². The molecule has 1 aliphatic rings. The molecule has 0 radical (unpaired) electrons. The molecule has 2 aromatic rings. The number of halogens is 1. The van der Waals surface area contributed by atoms with E-state index in [0.29, 0.717) is 0 Å². The second-order valence-corrected chi connectivity index (χ2v) is 5.52. The molecular weight excluding hydrogens is 294 g/mol. The third kappa shape index (κ3) is 1.90. The molecule has 0 aliphatic heterocycles. The Kier molecular flexibility index (Phi) is 2.82. The summed E-state index contributed by atoms with van der Waals surface area (Å²) < 4.78 is 0.960. The molecule has 0 saturated heterocycles. The van der Waals surface area contributed by atoms with Crippen LogP contribution in [-0.4, -0.2) is 16.1 Å². The van der Waals surface area contributed by atoms with Gasteiger partial charge < -0.3 is 5.11 Å². The van der Waals surface area contributed by atoms with Crippen LogP contribution >= 0.6 is 15.9 Å². The fourth-order valence-electron chi connectivity index (χ4n) is 2.68. The summed E-state index contributed by atoms with van der Waals surface area (Å²) in [6, 6.07) is 5.86. The highest BCUT2D eigenvalue weighted by molar-refractivity contribution is 9.10. The molecule has 1 aliphatic carbocycles. The summed E-state index contributed by atoms with van der Waals surface area (Å²) in [5, 5.41) is 10.1. The molecule has 0 spiro atoms. The zero-order valence-electron chi connectivity index (χ0n) is 9.74. The first-order valence-electron chi connectivity index (χ1n) is 5.97. The monoisotopic (exact) mass is 305 g/mol. The number of carboxylic acids is 1. The minimum Gasteiger partial charge on any atom is -0.481 e. The van der Waals surface area contributed by atoms with Crippen molar-refractivity contribution >= 4 is 32.8 Å². The van der Waals surface area contributed by atoms with E-state index in [2.05, 4.69) is 20.9 Å². The first-order chi connectivity index (χ1) is 8.65. The van der Waals surface area contributed by atoms with E-state index in [1.807, 2.05) is 18.2 Å². The molecule has 4 heteroatoms. The van der Waals surface area contributed by atoms with Crippen molar-refractivity contribution < 1.29 is 9.90 Å². The first kappa shape index (κ1) is 11.7. The Morgan fingerprint density at radius 3 is 3.00 bits per heavy atom. The van der Waals surface area contributed by atoms with Gasteiger partial charge in [-0.25, -0.2) is 0 Å². The van der Waals surface area contributed by atoms with E-state index in [0.717, 1.165) is 51.5 Å². The number of fused-ring (bicyclic) bond motifs is 2. The molecule has 0 fully saturated rings. The van der Waals surface area contributed by atoms with Gasteiger partial charge in [0.15, 0.2) is 0 Å². The van der Waals surface area contributed by atoms with Gasteiger partial charge in [-0.2, -0.15) is 0 Å². The van der Waals surface area contributed by atoms with E-state index in [9.17, 15) is 4.79 Å². The van der Waals surface area contributed by atoms with Crippen LogP contribution in [0.15, 0.2) is 22.7 Å². The van der Waals surface area contributed by atoms with Crippen LogP contribution < -0.4 is 0 Å². The number of nitrogens with zero attached hydrogens (tertiary/aromatic N) is 1. The Morgan fingerprint density at radius 1 is 1.39 bits per heavy atom. The highest BCUT2D eigenvalue weighted by Gasteiger charge is 2.20. The van der Waals surface area contributed by atoms with Crippen molar-refractivity contribution in [2.45, 2.75) is 25.7 Å². The number of hydrogen-bond donors (Lipinski definition) is 1. The summed E-state index contributed by atoms with van der Waals surface area (Å²) >= 11 is 3.44. The van der Waals surface area contributed by atoms with Crippen molar-refractivity contribution in [1.82, 2.24) is 4.98 Å². The molecular formula is C14H12BrNO2. The predicted molar refractivity (Wildman–Crippen MR) is 72.8 cm³/mol. The fraction of sp³-hybridized carbons (Fsp3) is 0.286. The van der Waals surface area contributed by atoms with Gasteiger partial charge in [-0.05, 0) is 48.6 Å². The van der Waals surface area contributed by atoms with Crippen LogP contribution in [0, 0.1) is 0 Å². The normalized spacial score (nSPS) is 13.8. The lowest BCUT2D eigenvalue weighted by Gasteiger charge is -2.11. The van der Waals surface area contributed by atoms with Crippen molar-refractivity contribution in [3.8, 4) is 0 Å². The molecule has 1 aromatic heterocycles. The van der Waals surface area contributed by atoms with Crippen molar-refractivity contribution in [2.24, 2.45) is 0 Å². The Labute approximate surface area is 113 Å². The number of aliphatic carboxylic acids is 1. The van der Waals surface area contributed by atoms with Crippen molar-refractivity contribution in [3.63, 3.8) is 0 Å². The van der Waals surface area contributed by atoms with E-state index in [1.54, 1.807) is 0 Å². The molecule has 1 heterocycles. The summed E-state index contributed by atoms with van der Waals surface area (Å²) in [4.78, 5) is 15.7. The number of carboxylic acid groups (broad SMARTS) is 1. The summed E-state index contributed by atoms with van der Waals surface area (Å²) in [6.45, 7) is 0. The largest absolute Gasteiger partial charge is 0.481 e. The maximum absolute atomic E-state index is 11.1. The molecule has 0 unspecified atom stereocenters. The maximum Gasteiger partial charge on any atom is 0.307 e. The minimum atomic E-state index is -0.781. The molecule has 3 rings (SSSR count). The van der Waals surface area contributed by atoms with Gasteiger partial charge in [0.2, 0.25) is 0 Å². The van der Waals surface area contributed by atoms with Gasteiger partial charge in [0.25, 0.3) is 0 Å². The lowest BCUT2D eigenvalue weighted by atomic mass is 9.99. The standard InChI is InChI=1S/C14H12BrNO2/c15-8-4-5-13-11(6-8)10(7-14(17)18)9-2-1-3-12(9)16-13/h4-6H,1-3,7H2,(H,17,18). The maximum atomic E-state index is 11.1. The summed E-state index contributed by atoms with van der Waals surface area (Å²) in [7, 11) is 0. The zero-order chi connectivity index (χ0) is 12.7. The molecule has 0 bridgehead atoms. The van der Waals surface area contributed by atoms with E-state index in [1.165, 1.54) is 0 Å². The average molecular weight is 306 g/mol. The van der Waals surface area contributed by atoms with Gasteiger partial charge in [0.1, 0.15) is 0 Å². The molecule has 0 saturated carbocycles. The van der Waals surface area contributed by atoms with Gasteiger partial charge in [-0.1, -0.05) is 15.9 Å². The van der Waals surface area contributed by atoms with Crippen LogP contribution in [-0.2, 0) is 24.1 Å². The number of aryl methyl sites for hydroxylation is 1. The number of pyridine rings is 1. The van der Waals surface area contributed by atoms with Crippen molar-refractivity contribution in [1.29, 1.82) is 0 Å². The smallest absolute Gasteiger partial charge is 0.307 e. The van der Waals surface area contributed by atoms with E-state index < -0.39 is 5.97 Å². The second-order valence-electron chi connectivity index (χ2n) is 4.60. The lowest BCUT2D eigenvalue weighted by Crippen LogP contribution is -2.06. The Hall–Kier alpha value is -1.42. The Bertz CT molecular complexity index is 652. The quantitative estimate of drug-likeness (QED) is 0.927. The van der Waals surface area contributed by atoms with Gasteiger partial charge in [-0.3, -0.25) is 9.78 Å². The van der Waals surface area contributed by atoms with Crippen LogP contribution in [0.4, 0.5) is 0 Å². The van der Waals surface area contributed by atoms with Crippen molar-refractivity contribution in [2.75, 3.05) is 0 Å². The zero-order valence-corrected chi connectivity index (χ0v) is 11.3. The van der Waals surface area contributed by atoms with E-state index >= 15 is 0 Å². The number of rotatable bonds is 2. The summed E-state index contributed by atoms with van der Waals surface area (Å²) in [5.41, 5.74) is 4.08. The van der Waals surface area contributed by atoms with Crippen LogP contribution in [0.1, 0.15) is 23.2 Å².